The summed E-state index contributed by atoms with van der Waals surface area (Å²) in [5.41, 5.74) is 4.18. The van der Waals surface area contributed by atoms with Crippen LogP contribution in [0.4, 0.5) is 10.5 Å². The van der Waals surface area contributed by atoms with Crippen molar-refractivity contribution in [1.29, 1.82) is 0 Å². The summed E-state index contributed by atoms with van der Waals surface area (Å²) in [5.74, 6) is 0.441. The summed E-state index contributed by atoms with van der Waals surface area (Å²) in [7, 11) is 1.26. The molecule has 3 atom stereocenters. The molecule has 9 nitrogen and oxygen atoms in total. The van der Waals surface area contributed by atoms with E-state index in [-0.39, 0.29) is 12.5 Å². The average Bonchev–Trinajstić information content (AvgIpc) is 3.03. The lowest BCUT2D eigenvalue weighted by molar-refractivity contribution is -0.127. The first-order chi connectivity index (χ1) is 21.6. The number of benzene rings is 3. The van der Waals surface area contributed by atoms with Gasteiger partial charge in [0.25, 0.3) is 0 Å². The number of ether oxygens (including phenoxy) is 2. The number of aliphatic hydroxyl groups is 1. The molecule has 1 aliphatic rings. The molecule has 1 aliphatic heterocycles. The average molecular weight is 617 g/mol. The highest BCUT2D eigenvalue weighted by Gasteiger charge is 2.35. The van der Waals surface area contributed by atoms with Gasteiger partial charge in [0, 0.05) is 25.3 Å². The Morgan fingerprint density at radius 1 is 0.933 bits per heavy atom. The Bertz CT molecular complexity index is 1360. The van der Waals surface area contributed by atoms with Gasteiger partial charge in [0.2, 0.25) is 5.91 Å². The van der Waals surface area contributed by atoms with E-state index in [1.165, 1.54) is 18.4 Å². The minimum atomic E-state index is -0.879. The molecule has 2 amide bonds. The highest BCUT2D eigenvalue weighted by atomic mass is 16.5. The second kappa shape index (κ2) is 16.3. The van der Waals surface area contributed by atoms with Crippen LogP contribution in [0.2, 0.25) is 0 Å². The van der Waals surface area contributed by atoms with Crippen LogP contribution in [0.1, 0.15) is 43.9 Å². The van der Waals surface area contributed by atoms with Gasteiger partial charge in [0.1, 0.15) is 18.4 Å². The first-order valence-corrected chi connectivity index (χ1v) is 15.8. The molecule has 45 heavy (non-hydrogen) atoms. The molecular formula is C36H48N4O5. The SMILES string of the molecule is COC(=O)NC(C(=O)N[C@@H](Cc1ccccc1)C(O)CNCc1ccc(OCCN2CCCc3ccccc32)cc1)C(C)(C)C. The molecule has 1 heterocycles. The third kappa shape index (κ3) is 10.2. The van der Waals surface area contributed by atoms with Crippen LogP contribution in [0.15, 0.2) is 78.9 Å². The molecule has 3 aromatic rings. The van der Waals surface area contributed by atoms with E-state index in [4.69, 9.17) is 9.47 Å². The number of aryl methyl sites for hydroxylation is 1. The van der Waals surface area contributed by atoms with Gasteiger partial charge < -0.3 is 35.4 Å². The summed E-state index contributed by atoms with van der Waals surface area (Å²) >= 11 is 0. The fourth-order valence-corrected chi connectivity index (χ4v) is 5.60. The Kier molecular flexibility index (Phi) is 12.2. The highest BCUT2D eigenvalue weighted by Crippen LogP contribution is 2.26. The van der Waals surface area contributed by atoms with Crippen molar-refractivity contribution in [3.63, 3.8) is 0 Å². The maximum Gasteiger partial charge on any atom is 0.407 e. The smallest absolute Gasteiger partial charge is 0.407 e. The minimum Gasteiger partial charge on any atom is -0.492 e. The summed E-state index contributed by atoms with van der Waals surface area (Å²) < 4.78 is 10.8. The van der Waals surface area contributed by atoms with E-state index in [9.17, 15) is 14.7 Å². The molecule has 0 bridgehead atoms. The van der Waals surface area contributed by atoms with Gasteiger partial charge in [-0.15, -0.1) is 0 Å². The lowest BCUT2D eigenvalue weighted by atomic mass is 9.85. The second-order valence-corrected chi connectivity index (χ2v) is 12.6. The van der Waals surface area contributed by atoms with Crippen LogP contribution in [0, 0.1) is 5.41 Å². The zero-order chi connectivity index (χ0) is 32.2. The molecule has 0 fully saturated rings. The number of rotatable bonds is 14. The summed E-state index contributed by atoms with van der Waals surface area (Å²) in [6.07, 6.45) is 1.16. The van der Waals surface area contributed by atoms with Gasteiger partial charge in [-0.1, -0.05) is 81.4 Å². The number of aliphatic hydroxyl groups excluding tert-OH is 1. The van der Waals surface area contributed by atoms with Gasteiger partial charge in [0.05, 0.1) is 25.8 Å². The van der Waals surface area contributed by atoms with Crippen molar-refractivity contribution in [2.75, 3.05) is 38.3 Å². The molecule has 0 aliphatic carbocycles. The van der Waals surface area contributed by atoms with Crippen LogP contribution in [0.25, 0.3) is 0 Å². The van der Waals surface area contributed by atoms with Gasteiger partial charge in [-0.05, 0) is 59.6 Å². The Labute approximate surface area is 267 Å². The maximum atomic E-state index is 13.4. The van der Waals surface area contributed by atoms with Gasteiger partial charge in [-0.2, -0.15) is 0 Å². The Morgan fingerprint density at radius 2 is 1.64 bits per heavy atom. The van der Waals surface area contributed by atoms with Crippen molar-refractivity contribution in [2.24, 2.45) is 5.41 Å². The molecule has 4 rings (SSSR count). The molecule has 0 spiro atoms. The molecule has 4 N–H and O–H groups in total. The summed E-state index contributed by atoms with van der Waals surface area (Å²) in [6.45, 7) is 8.89. The number of amides is 2. The summed E-state index contributed by atoms with van der Waals surface area (Å²) in [4.78, 5) is 27.7. The van der Waals surface area contributed by atoms with E-state index >= 15 is 0 Å². The molecule has 0 saturated carbocycles. The summed E-state index contributed by atoms with van der Waals surface area (Å²) in [5, 5.41) is 20.1. The summed E-state index contributed by atoms with van der Waals surface area (Å²) in [6, 6.07) is 24.8. The number of para-hydroxylation sites is 1. The number of carbonyl (C=O) groups excluding carboxylic acids is 2. The monoisotopic (exact) mass is 616 g/mol. The van der Waals surface area contributed by atoms with Gasteiger partial charge in [-0.3, -0.25) is 4.79 Å². The van der Waals surface area contributed by atoms with Crippen LogP contribution in [0.5, 0.6) is 5.75 Å². The number of nitrogens with zero attached hydrogens (tertiary/aromatic N) is 1. The molecule has 0 aromatic heterocycles. The predicted octanol–water partition coefficient (Wildman–Crippen LogP) is 4.47. The van der Waals surface area contributed by atoms with Crippen LogP contribution >= 0.6 is 0 Å². The molecular weight excluding hydrogens is 568 g/mol. The van der Waals surface area contributed by atoms with Crippen molar-refractivity contribution in [3.05, 3.63) is 95.6 Å². The van der Waals surface area contributed by atoms with Gasteiger partial charge in [0.15, 0.2) is 0 Å². The number of nitrogens with one attached hydrogen (secondary N) is 3. The van der Waals surface area contributed by atoms with Gasteiger partial charge in [-0.25, -0.2) is 4.79 Å². The van der Waals surface area contributed by atoms with Crippen LogP contribution < -0.4 is 25.6 Å². The van der Waals surface area contributed by atoms with Crippen molar-refractivity contribution >= 4 is 17.7 Å². The van der Waals surface area contributed by atoms with Crippen LogP contribution in [-0.2, 0) is 28.9 Å². The molecule has 242 valence electrons. The van der Waals surface area contributed by atoms with Crippen LogP contribution in [0.3, 0.4) is 0 Å². The van der Waals surface area contributed by atoms with Crippen molar-refractivity contribution in [1.82, 2.24) is 16.0 Å². The Balaban J connectivity index is 1.29. The zero-order valence-corrected chi connectivity index (χ0v) is 26.9. The molecule has 0 saturated heterocycles. The second-order valence-electron chi connectivity index (χ2n) is 12.6. The Hall–Kier alpha value is -4.08. The van der Waals surface area contributed by atoms with E-state index < -0.39 is 29.7 Å². The van der Waals surface area contributed by atoms with Crippen molar-refractivity contribution in [3.8, 4) is 5.75 Å². The van der Waals surface area contributed by atoms with E-state index in [1.54, 1.807) is 0 Å². The Morgan fingerprint density at radius 3 is 2.36 bits per heavy atom. The number of anilines is 1. The fourth-order valence-electron chi connectivity index (χ4n) is 5.60. The number of carbonyl (C=O) groups is 2. The standard InChI is InChI=1S/C36H48N4O5/c1-36(2,3)33(39-35(43)44-4)34(42)38-30(23-26-11-6-5-7-12-26)32(41)25-37-24-27-16-18-29(19-17-27)45-22-21-40-20-10-14-28-13-8-9-15-31(28)40/h5-9,11-13,15-19,30,32-33,37,41H,10,14,20-25H2,1-4H3,(H,38,42)(H,39,43)/t30-,32?,33?/m0/s1. The number of alkyl carbamates (subject to hydrolysis) is 1. The number of hydrogen-bond acceptors (Lipinski definition) is 7. The fraction of sp³-hybridized carbons (Fsp3) is 0.444. The maximum absolute atomic E-state index is 13.4. The topological polar surface area (TPSA) is 112 Å². The third-order valence-corrected chi connectivity index (χ3v) is 8.11. The number of hydrogen-bond donors (Lipinski definition) is 4. The number of methoxy groups -OCH3 is 1. The molecule has 3 aromatic carbocycles. The van der Waals surface area contributed by atoms with Gasteiger partial charge >= 0.3 is 6.09 Å². The number of fused-ring (bicyclic) bond motifs is 1. The quantitative estimate of drug-likeness (QED) is 0.212. The molecule has 2 unspecified atom stereocenters. The zero-order valence-electron chi connectivity index (χ0n) is 26.9. The lowest BCUT2D eigenvalue weighted by Crippen LogP contribution is -2.58. The van der Waals surface area contributed by atoms with E-state index in [1.807, 2.05) is 75.4 Å². The largest absolute Gasteiger partial charge is 0.492 e. The van der Waals surface area contributed by atoms with E-state index in [0.29, 0.717) is 19.6 Å². The molecule has 0 radical (unpaired) electrons. The van der Waals surface area contributed by atoms with Crippen molar-refractivity contribution < 1.29 is 24.2 Å². The first-order valence-electron chi connectivity index (χ1n) is 15.8. The minimum absolute atomic E-state index is 0.262. The lowest BCUT2D eigenvalue weighted by Gasteiger charge is -2.33. The molecule has 9 heteroatoms. The highest BCUT2D eigenvalue weighted by molar-refractivity contribution is 5.86. The van der Waals surface area contributed by atoms with Crippen LogP contribution in [-0.4, -0.2) is 68.6 Å². The van der Waals surface area contributed by atoms with E-state index in [0.717, 1.165) is 42.8 Å². The predicted molar refractivity (Wildman–Crippen MR) is 177 cm³/mol. The first kappa shape index (κ1) is 33.8. The normalized spacial score (nSPS) is 14.9. The third-order valence-electron chi connectivity index (χ3n) is 8.11. The van der Waals surface area contributed by atoms with E-state index in [2.05, 4.69) is 45.1 Å². The van der Waals surface area contributed by atoms with Crippen molar-refractivity contribution in [2.45, 2.75) is 64.8 Å².